The van der Waals surface area contributed by atoms with E-state index in [0.29, 0.717) is 11.0 Å². The highest BCUT2D eigenvalue weighted by molar-refractivity contribution is 8.22. The summed E-state index contributed by atoms with van der Waals surface area (Å²) in [4.78, 5) is 0.724. The number of hydrogen-bond donors (Lipinski definition) is 1. The Bertz CT molecular complexity index is 552. The third-order valence-corrected chi connectivity index (χ3v) is 3.52. The molecule has 0 bridgehead atoms. The zero-order valence-electron chi connectivity index (χ0n) is 9.34. The summed E-state index contributed by atoms with van der Waals surface area (Å²) in [6.07, 6.45) is 0. The molecule has 2 nitrogen and oxygen atoms in total. The number of rotatable bonds is 2. The molecule has 2 aromatic carbocycles. The minimum absolute atomic E-state index is 0.259. The highest BCUT2D eigenvalue weighted by Crippen LogP contribution is 2.35. The first-order valence-electron chi connectivity index (χ1n) is 5.27. The minimum Gasteiger partial charge on any atom is -0.506 e. The molecule has 17 heavy (non-hydrogen) atoms. The predicted molar refractivity (Wildman–Crippen MR) is 75.7 cm³/mol. The van der Waals surface area contributed by atoms with E-state index in [1.807, 2.05) is 43.3 Å². The van der Waals surface area contributed by atoms with E-state index in [2.05, 4.69) is 0 Å². The van der Waals surface area contributed by atoms with Gasteiger partial charge in [0, 0.05) is 5.39 Å². The summed E-state index contributed by atoms with van der Waals surface area (Å²) in [5, 5.41) is 12.0. The van der Waals surface area contributed by atoms with E-state index in [4.69, 9.17) is 17.0 Å². The highest BCUT2D eigenvalue weighted by Gasteiger charge is 2.09. The van der Waals surface area contributed by atoms with Gasteiger partial charge in [-0.25, -0.2) is 0 Å². The van der Waals surface area contributed by atoms with Crippen LogP contribution in [0, 0.1) is 0 Å². The molecule has 88 valence electrons. The smallest absolute Gasteiger partial charge is 0.224 e. The molecule has 0 saturated carbocycles. The summed E-state index contributed by atoms with van der Waals surface area (Å²) in [7, 11) is 0. The normalized spacial score (nSPS) is 10.4. The van der Waals surface area contributed by atoms with Crippen LogP contribution in [0.1, 0.15) is 6.92 Å². The van der Waals surface area contributed by atoms with Gasteiger partial charge in [0.15, 0.2) is 0 Å². The van der Waals surface area contributed by atoms with Crippen LogP contribution in [0.25, 0.3) is 10.8 Å². The molecule has 1 N–H and O–H groups in total. The molecule has 0 fully saturated rings. The number of benzene rings is 2. The van der Waals surface area contributed by atoms with Crippen LogP contribution in [0.15, 0.2) is 41.3 Å². The fourth-order valence-corrected chi connectivity index (χ4v) is 2.64. The molecule has 0 aliphatic carbocycles. The topological polar surface area (TPSA) is 29.5 Å². The number of phenolic OH excluding ortho intramolecular Hbond substituents is 1. The summed E-state index contributed by atoms with van der Waals surface area (Å²) in [5.41, 5.74) is 0. The first-order chi connectivity index (χ1) is 8.22. The summed E-state index contributed by atoms with van der Waals surface area (Å²) in [6, 6.07) is 11.5. The van der Waals surface area contributed by atoms with Crippen molar-refractivity contribution in [3.8, 4) is 5.75 Å². The van der Waals surface area contributed by atoms with Crippen molar-refractivity contribution in [1.29, 1.82) is 0 Å². The van der Waals surface area contributed by atoms with Crippen molar-refractivity contribution in [3.63, 3.8) is 0 Å². The molecule has 0 amide bonds. The van der Waals surface area contributed by atoms with Gasteiger partial charge in [-0.2, -0.15) is 0 Å². The number of fused-ring (bicyclic) bond motifs is 1. The van der Waals surface area contributed by atoms with Crippen LogP contribution in [-0.4, -0.2) is 16.1 Å². The van der Waals surface area contributed by atoms with Crippen molar-refractivity contribution in [2.45, 2.75) is 11.8 Å². The number of phenols is 1. The standard InChI is InChI=1S/C13H12O2S2/c1-2-15-13(16)17-11-8-7-9-5-3-4-6-10(9)12(11)14/h3-8,14H,2H2,1H3. The van der Waals surface area contributed by atoms with Gasteiger partial charge in [0.05, 0.1) is 11.5 Å². The second kappa shape index (κ2) is 5.38. The Morgan fingerprint density at radius 1 is 1.29 bits per heavy atom. The quantitative estimate of drug-likeness (QED) is 0.657. The largest absolute Gasteiger partial charge is 0.506 e. The lowest BCUT2D eigenvalue weighted by Crippen LogP contribution is -1.95. The highest BCUT2D eigenvalue weighted by atomic mass is 32.2. The molecule has 0 aliphatic rings. The van der Waals surface area contributed by atoms with Gasteiger partial charge in [0.25, 0.3) is 0 Å². The summed E-state index contributed by atoms with van der Waals surface area (Å²) >= 11 is 6.32. The fourth-order valence-electron chi connectivity index (χ4n) is 1.55. The van der Waals surface area contributed by atoms with Gasteiger partial charge in [-0.05, 0) is 42.4 Å². The maximum absolute atomic E-state index is 10.1. The fraction of sp³-hybridized carbons (Fsp3) is 0.154. The molecule has 0 spiro atoms. The molecule has 0 saturated heterocycles. The van der Waals surface area contributed by atoms with Gasteiger partial charge in [0.1, 0.15) is 5.75 Å². The molecule has 0 unspecified atom stereocenters. The number of aromatic hydroxyl groups is 1. The molecule has 0 aromatic heterocycles. The molecular weight excluding hydrogens is 252 g/mol. The minimum atomic E-state index is 0.259. The Balaban J connectivity index is 2.36. The SMILES string of the molecule is CCOC(=S)Sc1ccc2ccccc2c1O. The van der Waals surface area contributed by atoms with E-state index < -0.39 is 0 Å². The molecule has 0 radical (unpaired) electrons. The van der Waals surface area contributed by atoms with E-state index >= 15 is 0 Å². The molecule has 2 rings (SSSR count). The van der Waals surface area contributed by atoms with Gasteiger partial charge < -0.3 is 9.84 Å². The lowest BCUT2D eigenvalue weighted by atomic mass is 10.1. The van der Waals surface area contributed by atoms with E-state index in [0.717, 1.165) is 15.7 Å². The molecule has 4 heteroatoms. The number of ether oxygens (including phenoxy) is 1. The van der Waals surface area contributed by atoms with Crippen molar-refractivity contribution >= 4 is 39.1 Å². The third-order valence-electron chi connectivity index (χ3n) is 2.32. The average molecular weight is 264 g/mol. The molecule has 0 heterocycles. The van der Waals surface area contributed by atoms with Crippen LogP contribution in [0.3, 0.4) is 0 Å². The predicted octanol–water partition coefficient (Wildman–Crippen LogP) is 3.96. The Kier molecular flexibility index (Phi) is 3.86. The van der Waals surface area contributed by atoms with Crippen LogP contribution >= 0.6 is 24.0 Å². The van der Waals surface area contributed by atoms with Gasteiger partial charge in [-0.3, -0.25) is 0 Å². The monoisotopic (exact) mass is 264 g/mol. The number of thiocarbonyl (C=S) groups is 1. The molecular formula is C13H12O2S2. The maximum atomic E-state index is 10.1. The van der Waals surface area contributed by atoms with Crippen LogP contribution in [0.2, 0.25) is 0 Å². The maximum Gasteiger partial charge on any atom is 0.224 e. The molecule has 2 aromatic rings. The Morgan fingerprint density at radius 3 is 2.82 bits per heavy atom. The first-order valence-corrected chi connectivity index (χ1v) is 6.50. The lowest BCUT2D eigenvalue weighted by molar-refractivity contribution is 0.346. The Hall–Kier alpha value is -1.26. The average Bonchev–Trinajstić information content (AvgIpc) is 2.33. The number of thioether (sulfide) groups is 1. The molecule has 0 aliphatic heterocycles. The zero-order chi connectivity index (χ0) is 12.3. The number of hydrogen-bond acceptors (Lipinski definition) is 4. The van der Waals surface area contributed by atoms with Crippen molar-refractivity contribution < 1.29 is 9.84 Å². The van der Waals surface area contributed by atoms with E-state index in [-0.39, 0.29) is 5.75 Å². The zero-order valence-corrected chi connectivity index (χ0v) is 11.0. The Labute approximate surface area is 110 Å². The van der Waals surface area contributed by atoms with Crippen LogP contribution in [-0.2, 0) is 4.74 Å². The summed E-state index contributed by atoms with van der Waals surface area (Å²) < 4.78 is 5.62. The molecule has 0 atom stereocenters. The Morgan fingerprint density at radius 2 is 2.06 bits per heavy atom. The van der Waals surface area contributed by atoms with Gasteiger partial charge in [-0.1, -0.05) is 30.3 Å². The lowest BCUT2D eigenvalue weighted by Gasteiger charge is -2.08. The van der Waals surface area contributed by atoms with Crippen molar-refractivity contribution in [3.05, 3.63) is 36.4 Å². The second-order valence-electron chi connectivity index (χ2n) is 3.42. The van der Waals surface area contributed by atoms with Crippen molar-refractivity contribution in [1.82, 2.24) is 0 Å². The first kappa shape index (κ1) is 12.2. The van der Waals surface area contributed by atoms with Gasteiger partial charge in [-0.15, -0.1) is 0 Å². The third kappa shape index (κ3) is 2.70. The second-order valence-corrected chi connectivity index (χ2v) is 5.06. The van der Waals surface area contributed by atoms with E-state index in [1.54, 1.807) is 0 Å². The van der Waals surface area contributed by atoms with Crippen molar-refractivity contribution in [2.75, 3.05) is 6.61 Å². The van der Waals surface area contributed by atoms with E-state index in [9.17, 15) is 5.11 Å². The summed E-state index contributed by atoms with van der Waals surface area (Å²) in [5.74, 6) is 0.259. The summed E-state index contributed by atoms with van der Waals surface area (Å²) in [6.45, 7) is 2.42. The van der Waals surface area contributed by atoms with Crippen LogP contribution < -0.4 is 0 Å². The van der Waals surface area contributed by atoms with E-state index in [1.165, 1.54) is 11.8 Å². The van der Waals surface area contributed by atoms with Crippen molar-refractivity contribution in [2.24, 2.45) is 0 Å². The van der Waals surface area contributed by atoms with Gasteiger partial charge in [0.2, 0.25) is 4.38 Å². The van der Waals surface area contributed by atoms with Crippen LogP contribution in [0.5, 0.6) is 5.75 Å². The van der Waals surface area contributed by atoms with Crippen LogP contribution in [0.4, 0.5) is 0 Å². The van der Waals surface area contributed by atoms with Gasteiger partial charge >= 0.3 is 0 Å².